The molecule has 1 aliphatic rings. The van der Waals surface area contributed by atoms with E-state index in [-0.39, 0.29) is 11.9 Å². The highest BCUT2D eigenvalue weighted by molar-refractivity contribution is 7.80. The summed E-state index contributed by atoms with van der Waals surface area (Å²) in [5.74, 6) is -0.182. The van der Waals surface area contributed by atoms with Gasteiger partial charge in [-0.3, -0.25) is 9.80 Å². The van der Waals surface area contributed by atoms with E-state index in [9.17, 15) is 4.39 Å². The van der Waals surface area contributed by atoms with Crippen molar-refractivity contribution in [1.29, 1.82) is 0 Å². The van der Waals surface area contributed by atoms with Gasteiger partial charge >= 0.3 is 0 Å². The van der Waals surface area contributed by atoms with Gasteiger partial charge in [0, 0.05) is 32.7 Å². The zero-order valence-electron chi connectivity index (χ0n) is 11.2. The smallest absolute Gasteiger partial charge is 0.123 e. The minimum atomic E-state index is -0.182. The Morgan fingerprint density at radius 1 is 1.26 bits per heavy atom. The molecule has 1 aromatic rings. The number of rotatable bonds is 4. The predicted molar refractivity (Wildman–Crippen MR) is 79.5 cm³/mol. The highest BCUT2D eigenvalue weighted by Gasteiger charge is 2.22. The first kappa shape index (κ1) is 14.4. The van der Waals surface area contributed by atoms with Crippen molar-refractivity contribution in [3.8, 4) is 0 Å². The summed E-state index contributed by atoms with van der Waals surface area (Å²) in [4.78, 5) is 5.24. The summed E-state index contributed by atoms with van der Waals surface area (Å²) >= 11 is 5.03. The molecule has 1 fully saturated rings. The Labute approximate surface area is 119 Å². The highest BCUT2D eigenvalue weighted by Crippen LogP contribution is 2.11. The fraction of sp³-hybridized carbons (Fsp3) is 0.500. The number of piperazine rings is 1. The molecule has 3 nitrogen and oxygen atoms in total. The topological polar surface area (TPSA) is 32.5 Å². The number of nitrogens with two attached hydrogens (primary N) is 1. The summed E-state index contributed by atoms with van der Waals surface area (Å²) in [6, 6.07) is 6.89. The molecule has 2 N–H and O–H groups in total. The summed E-state index contributed by atoms with van der Waals surface area (Å²) in [7, 11) is 0. The molecule has 0 aliphatic carbocycles. The molecule has 1 aromatic carbocycles. The lowest BCUT2D eigenvalue weighted by Gasteiger charge is -2.37. The van der Waals surface area contributed by atoms with Gasteiger partial charge < -0.3 is 5.73 Å². The van der Waals surface area contributed by atoms with Crippen LogP contribution in [0, 0.1) is 5.82 Å². The molecular weight excluding hydrogens is 261 g/mol. The molecule has 1 aliphatic heterocycles. The summed E-state index contributed by atoms with van der Waals surface area (Å²) in [5.41, 5.74) is 6.83. The van der Waals surface area contributed by atoms with Gasteiger partial charge in [0.15, 0.2) is 0 Å². The Balaban J connectivity index is 1.83. The molecule has 1 unspecified atom stereocenters. The zero-order chi connectivity index (χ0) is 13.8. The molecule has 0 saturated carbocycles. The average Bonchev–Trinajstić information content (AvgIpc) is 2.41. The predicted octanol–water partition coefficient (Wildman–Crippen LogP) is 1.62. The van der Waals surface area contributed by atoms with Crippen LogP contribution in [0.5, 0.6) is 0 Å². The molecule has 0 radical (unpaired) electrons. The van der Waals surface area contributed by atoms with Gasteiger partial charge in [-0.05, 0) is 24.6 Å². The van der Waals surface area contributed by atoms with Crippen LogP contribution in [0.15, 0.2) is 24.3 Å². The Kier molecular flexibility index (Phi) is 4.85. The average molecular weight is 281 g/mol. The number of benzene rings is 1. The molecule has 19 heavy (non-hydrogen) atoms. The second-order valence-electron chi connectivity index (χ2n) is 5.02. The molecule has 1 atom stereocenters. The SMILES string of the molecule is CC(C(N)=S)N1CCN(Cc2ccc(F)cc2)CC1. The van der Waals surface area contributed by atoms with E-state index in [4.69, 9.17) is 18.0 Å². The van der Waals surface area contributed by atoms with Gasteiger partial charge in [0.25, 0.3) is 0 Å². The molecule has 104 valence electrons. The molecule has 0 spiro atoms. The number of hydrogen-bond donors (Lipinski definition) is 1. The van der Waals surface area contributed by atoms with Crippen molar-refractivity contribution >= 4 is 17.2 Å². The van der Waals surface area contributed by atoms with E-state index >= 15 is 0 Å². The van der Waals surface area contributed by atoms with E-state index < -0.39 is 0 Å². The van der Waals surface area contributed by atoms with Gasteiger partial charge in [-0.1, -0.05) is 24.4 Å². The van der Waals surface area contributed by atoms with Crippen molar-refractivity contribution < 1.29 is 4.39 Å². The van der Waals surface area contributed by atoms with Gasteiger partial charge in [-0.15, -0.1) is 0 Å². The third-order valence-corrected chi connectivity index (χ3v) is 4.03. The Hall–Kier alpha value is -1.04. The van der Waals surface area contributed by atoms with E-state index in [2.05, 4.69) is 16.7 Å². The first-order valence-corrected chi connectivity index (χ1v) is 6.97. The van der Waals surface area contributed by atoms with E-state index in [1.807, 2.05) is 12.1 Å². The summed E-state index contributed by atoms with van der Waals surface area (Å²) < 4.78 is 12.8. The minimum Gasteiger partial charge on any atom is -0.392 e. The molecule has 0 aromatic heterocycles. The van der Waals surface area contributed by atoms with Crippen molar-refractivity contribution in [2.75, 3.05) is 26.2 Å². The Bertz CT molecular complexity index is 427. The number of nitrogens with zero attached hydrogens (tertiary/aromatic N) is 2. The van der Waals surface area contributed by atoms with Crippen LogP contribution >= 0.6 is 12.2 Å². The highest BCUT2D eigenvalue weighted by atomic mass is 32.1. The van der Waals surface area contributed by atoms with Crippen LogP contribution in [0.2, 0.25) is 0 Å². The monoisotopic (exact) mass is 281 g/mol. The maximum Gasteiger partial charge on any atom is 0.123 e. The maximum atomic E-state index is 12.8. The van der Waals surface area contributed by atoms with Crippen LogP contribution < -0.4 is 5.73 Å². The summed E-state index contributed by atoms with van der Waals surface area (Å²) in [5, 5.41) is 0. The normalized spacial score (nSPS) is 19.3. The molecule has 0 bridgehead atoms. The van der Waals surface area contributed by atoms with Gasteiger partial charge in [0.2, 0.25) is 0 Å². The largest absolute Gasteiger partial charge is 0.392 e. The van der Waals surface area contributed by atoms with Crippen LogP contribution in [0.1, 0.15) is 12.5 Å². The minimum absolute atomic E-state index is 0.169. The van der Waals surface area contributed by atoms with Crippen molar-refractivity contribution in [2.45, 2.75) is 19.5 Å². The third-order valence-electron chi connectivity index (χ3n) is 3.69. The van der Waals surface area contributed by atoms with Crippen LogP contribution in [0.4, 0.5) is 4.39 Å². The van der Waals surface area contributed by atoms with Crippen molar-refractivity contribution in [2.24, 2.45) is 5.73 Å². The molecule has 1 saturated heterocycles. The maximum absolute atomic E-state index is 12.8. The molecule has 5 heteroatoms. The Morgan fingerprint density at radius 2 is 1.84 bits per heavy atom. The van der Waals surface area contributed by atoms with Crippen molar-refractivity contribution in [3.05, 3.63) is 35.6 Å². The van der Waals surface area contributed by atoms with Crippen molar-refractivity contribution in [3.63, 3.8) is 0 Å². The second kappa shape index (κ2) is 6.41. The van der Waals surface area contributed by atoms with E-state index in [1.165, 1.54) is 12.1 Å². The van der Waals surface area contributed by atoms with Crippen LogP contribution in [0.25, 0.3) is 0 Å². The van der Waals surface area contributed by atoms with Gasteiger partial charge in [-0.25, -0.2) is 4.39 Å². The lowest BCUT2D eigenvalue weighted by atomic mass is 10.1. The third kappa shape index (κ3) is 3.96. The summed E-state index contributed by atoms with van der Waals surface area (Å²) in [6.45, 7) is 6.85. The fourth-order valence-electron chi connectivity index (χ4n) is 2.34. The van der Waals surface area contributed by atoms with Gasteiger partial charge in [-0.2, -0.15) is 0 Å². The molecule has 2 rings (SSSR count). The molecule has 0 amide bonds. The molecular formula is C14H20FN3S. The van der Waals surface area contributed by atoms with Crippen LogP contribution in [-0.4, -0.2) is 47.0 Å². The fourth-order valence-corrected chi connectivity index (χ4v) is 2.49. The van der Waals surface area contributed by atoms with E-state index in [0.29, 0.717) is 4.99 Å². The molecule has 1 heterocycles. The quantitative estimate of drug-likeness (QED) is 0.850. The van der Waals surface area contributed by atoms with E-state index in [1.54, 1.807) is 0 Å². The zero-order valence-corrected chi connectivity index (χ0v) is 12.0. The lowest BCUT2D eigenvalue weighted by molar-refractivity contribution is 0.118. The summed E-state index contributed by atoms with van der Waals surface area (Å²) in [6.07, 6.45) is 0. The van der Waals surface area contributed by atoms with Gasteiger partial charge in [0.1, 0.15) is 5.82 Å². The van der Waals surface area contributed by atoms with Crippen molar-refractivity contribution in [1.82, 2.24) is 9.80 Å². The number of hydrogen-bond acceptors (Lipinski definition) is 3. The standard InChI is InChI=1S/C14H20FN3S/c1-11(14(16)19)18-8-6-17(7-9-18)10-12-2-4-13(15)5-3-12/h2-5,11H,6-10H2,1H3,(H2,16,19). The van der Waals surface area contributed by atoms with Crippen LogP contribution in [-0.2, 0) is 6.54 Å². The first-order valence-electron chi connectivity index (χ1n) is 6.56. The Morgan fingerprint density at radius 3 is 2.37 bits per heavy atom. The van der Waals surface area contributed by atoms with Crippen LogP contribution in [0.3, 0.4) is 0 Å². The van der Waals surface area contributed by atoms with E-state index in [0.717, 1.165) is 38.3 Å². The first-order chi connectivity index (χ1) is 9.06. The van der Waals surface area contributed by atoms with Gasteiger partial charge in [0.05, 0.1) is 11.0 Å². The number of halogens is 1. The second-order valence-corrected chi connectivity index (χ2v) is 5.49. The number of thiocarbonyl (C=S) groups is 1. The lowest BCUT2D eigenvalue weighted by Crippen LogP contribution is -2.52.